The maximum atomic E-state index is 13.9. The largest absolute Gasteiger partial charge is 0.343 e. The van der Waals surface area contributed by atoms with Gasteiger partial charge in [0, 0.05) is 37.0 Å². The third kappa shape index (κ3) is 4.73. The van der Waals surface area contributed by atoms with E-state index in [1.807, 2.05) is 11.0 Å². The van der Waals surface area contributed by atoms with Gasteiger partial charge >= 0.3 is 0 Å². The Morgan fingerprint density at radius 1 is 1.18 bits per heavy atom. The molecule has 0 unspecified atom stereocenters. The Bertz CT molecular complexity index is 1220. The molecule has 1 aliphatic heterocycles. The number of hydrogen-bond donors (Lipinski definition) is 1. The van der Waals surface area contributed by atoms with Crippen molar-refractivity contribution in [3.63, 3.8) is 0 Å². The van der Waals surface area contributed by atoms with Gasteiger partial charge in [0.05, 0.1) is 11.7 Å². The van der Waals surface area contributed by atoms with Crippen molar-refractivity contribution in [1.29, 1.82) is 0 Å². The van der Waals surface area contributed by atoms with Gasteiger partial charge in [-0.1, -0.05) is 18.2 Å². The van der Waals surface area contributed by atoms with E-state index in [1.165, 1.54) is 10.9 Å². The van der Waals surface area contributed by atoms with Crippen LogP contribution < -0.4 is 10.9 Å². The van der Waals surface area contributed by atoms with Crippen LogP contribution in [0.25, 0.3) is 10.2 Å². The number of aromatic nitrogens is 2. The molecule has 0 spiro atoms. The number of carbonyl (C=O) groups excluding carboxylic acids is 1. The zero-order chi connectivity index (χ0) is 22.8. The Hall–Kier alpha value is -2.58. The molecule has 0 bridgehead atoms. The van der Waals surface area contributed by atoms with Crippen LogP contribution in [-0.2, 0) is 30.6 Å². The molecule has 3 heterocycles. The summed E-state index contributed by atoms with van der Waals surface area (Å²) in [7, 11) is 0. The predicted molar refractivity (Wildman–Crippen MR) is 128 cm³/mol. The number of fused-ring (bicyclic) bond motifs is 3. The van der Waals surface area contributed by atoms with Gasteiger partial charge < -0.3 is 10.2 Å². The molecule has 3 aromatic rings. The van der Waals surface area contributed by atoms with Crippen molar-refractivity contribution in [2.45, 2.75) is 57.5 Å². The van der Waals surface area contributed by atoms with Crippen molar-refractivity contribution in [2.24, 2.45) is 0 Å². The molecule has 6 nitrogen and oxygen atoms in total. The van der Waals surface area contributed by atoms with Crippen LogP contribution in [0.4, 0.5) is 4.39 Å². The van der Waals surface area contributed by atoms with Crippen LogP contribution in [0.15, 0.2) is 35.4 Å². The average Bonchev–Trinajstić information content (AvgIpc) is 3.40. The molecule has 174 valence electrons. The van der Waals surface area contributed by atoms with Crippen molar-refractivity contribution in [2.75, 3.05) is 19.6 Å². The van der Waals surface area contributed by atoms with E-state index in [4.69, 9.17) is 0 Å². The smallest absolute Gasteiger partial charge is 0.262 e. The summed E-state index contributed by atoms with van der Waals surface area (Å²) >= 11 is 1.63. The minimum atomic E-state index is -0.238. The van der Waals surface area contributed by atoms with Gasteiger partial charge in [0.15, 0.2) is 0 Å². The second kappa shape index (κ2) is 9.73. The zero-order valence-electron chi connectivity index (χ0n) is 18.7. The maximum absolute atomic E-state index is 13.9. The van der Waals surface area contributed by atoms with Crippen LogP contribution in [0.2, 0.25) is 0 Å². The van der Waals surface area contributed by atoms with Gasteiger partial charge in [0.2, 0.25) is 5.91 Å². The molecular weight excluding hydrogens is 439 g/mol. The summed E-state index contributed by atoms with van der Waals surface area (Å²) in [5.74, 6) is 0.0488. The number of amides is 1. The number of aryl methyl sites for hydroxylation is 3. The summed E-state index contributed by atoms with van der Waals surface area (Å²) in [5.41, 5.74) is 1.74. The number of thiophene rings is 1. The van der Waals surface area contributed by atoms with E-state index >= 15 is 0 Å². The first kappa shape index (κ1) is 22.2. The van der Waals surface area contributed by atoms with Crippen molar-refractivity contribution in [3.8, 4) is 0 Å². The molecule has 2 aromatic heterocycles. The van der Waals surface area contributed by atoms with Crippen LogP contribution in [0.3, 0.4) is 0 Å². The number of carbonyl (C=O) groups is 1. The van der Waals surface area contributed by atoms with Crippen molar-refractivity contribution < 1.29 is 9.18 Å². The molecule has 0 radical (unpaired) electrons. The van der Waals surface area contributed by atoms with E-state index in [-0.39, 0.29) is 17.3 Å². The first-order valence-electron chi connectivity index (χ1n) is 11.8. The fraction of sp³-hybridized carbons (Fsp3) is 0.480. The van der Waals surface area contributed by atoms with Crippen LogP contribution in [0.5, 0.6) is 0 Å². The third-order valence-electron chi connectivity index (χ3n) is 6.82. The van der Waals surface area contributed by atoms with Gasteiger partial charge in [-0.15, -0.1) is 11.3 Å². The highest BCUT2D eigenvalue weighted by Crippen LogP contribution is 2.33. The molecule has 8 heteroatoms. The van der Waals surface area contributed by atoms with Crippen LogP contribution in [0.1, 0.15) is 41.7 Å². The number of hydrogen-bond acceptors (Lipinski definition) is 5. The summed E-state index contributed by atoms with van der Waals surface area (Å²) in [5, 5.41) is 4.39. The van der Waals surface area contributed by atoms with Crippen molar-refractivity contribution in [3.05, 3.63) is 62.8 Å². The van der Waals surface area contributed by atoms with Gasteiger partial charge in [0.1, 0.15) is 10.6 Å². The Morgan fingerprint density at radius 3 is 2.88 bits per heavy atom. The van der Waals surface area contributed by atoms with Gasteiger partial charge in [-0.25, -0.2) is 9.37 Å². The zero-order valence-corrected chi connectivity index (χ0v) is 19.5. The van der Waals surface area contributed by atoms with Crippen LogP contribution >= 0.6 is 11.3 Å². The lowest BCUT2D eigenvalue weighted by molar-refractivity contribution is -0.127. The van der Waals surface area contributed by atoms with Gasteiger partial charge in [0.25, 0.3) is 5.56 Å². The van der Waals surface area contributed by atoms with E-state index in [0.717, 1.165) is 67.5 Å². The summed E-state index contributed by atoms with van der Waals surface area (Å²) in [4.78, 5) is 33.5. The SMILES string of the molecule is O=C1CCCN1CCCN[C@@H]1CCc2c(sc3ncn(CCc4ccccc4F)c(=O)c23)C1. The fourth-order valence-electron chi connectivity index (χ4n) is 4.99. The third-order valence-corrected chi connectivity index (χ3v) is 7.99. The van der Waals surface area contributed by atoms with E-state index < -0.39 is 0 Å². The highest BCUT2D eigenvalue weighted by atomic mass is 32.1. The lowest BCUT2D eigenvalue weighted by Gasteiger charge is -2.24. The predicted octanol–water partition coefficient (Wildman–Crippen LogP) is 3.30. The highest BCUT2D eigenvalue weighted by Gasteiger charge is 2.25. The molecule has 5 rings (SSSR count). The Labute approximate surface area is 196 Å². The van der Waals surface area contributed by atoms with Gasteiger partial charge in [-0.2, -0.15) is 0 Å². The van der Waals surface area contributed by atoms with Crippen LogP contribution in [0, 0.1) is 5.82 Å². The topological polar surface area (TPSA) is 67.2 Å². The monoisotopic (exact) mass is 468 g/mol. The molecule has 1 fully saturated rings. The summed E-state index contributed by atoms with van der Waals surface area (Å²) < 4.78 is 15.6. The quantitative estimate of drug-likeness (QED) is 0.515. The number of halogens is 1. The molecule has 33 heavy (non-hydrogen) atoms. The summed E-state index contributed by atoms with van der Waals surface area (Å²) in [6.07, 6.45) is 7.48. The maximum Gasteiger partial charge on any atom is 0.262 e. The Kier molecular flexibility index (Phi) is 6.55. The van der Waals surface area contributed by atoms with E-state index in [9.17, 15) is 14.0 Å². The average molecular weight is 469 g/mol. The van der Waals surface area contributed by atoms with E-state index in [1.54, 1.807) is 34.4 Å². The minimum Gasteiger partial charge on any atom is -0.343 e. The number of benzene rings is 1. The van der Waals surface area contributed by atoms with Crippen LogP contribution in [-0.4, -0.2) is 46.0 Å². The Balaban J connectivity index is 1.22. The molecule has 0 saturated carbocycles. The molecule has 1 aliphatic carbocycles. The first-order chi connectivity index (χ1) is 16.1. The van der Waals surface area contributed by atoms with Gasteiger partial charge in [-0.3, -0.25) is 14.2 Å². The molecule has 1 amide bonds. The van der Waals surface area contributed by atoms with Gasteiger partial charge in [-0.05, 0) is 62.3 Å². The van der Waals surface area contributed by atoms with Crippen molar-refractivity contribution in [1.82, 2.24) is 19.8 Å². The normalized spacial score (nSPS) is 18.3. The second-order valence-corrected chi connectivity index (χ2v) is 10.1. The second-order valence-electron chi connectivity index (χ2n) is 9.00. The minimum absolute atomic E-state index is 0.0180. The number of nitrogens with zero attached hydrogens (tertiary/aromatic N) is 3. The number of rotatable bonds is 8. The standard InChI is InChI=1S/C25H29FN4O2S/c26-20-6-2-1-5-17(20)10-14-30-16-28-24-23(25(30)32)19-9-8-18(15-21(19)33-24)27-11-4-13-29-12-3-7-22(29)31/h1-2,5-6,16,18,27H,3-4,7-15H2/t18-/m1/s1. The summed E-state index contributed by atoms with van der Waals surface area (Å²) in [6, 6.07) is 7.09. The lowest BCUT2D eigenvalue weighted by Crippen LogP contribution is -2.36. The van der Waals surface area contributed by atoms with E-state index in [2.05, 4.69) is 10.3 Å². The number of nitrogens with one attached hydrogen (secondary N) is 1. The first-order valence-corrected chi connectivity index (χ1v) is 12.7. The fourth-order valence-corrected chi connectivity index (χ4v) is 6.25. The molecule has 2 aliphatic rings. The number of likely N-dealkylation sites (tertiary alicyclic amines) is 1. The van der Waals surface area contributed by atoms with E-state index in [0.29, 0.717) is 31.0 Å². The molecule has 1 aromatic carbocycles. The molecule has 1 saturated heterocycles. The Morgan fingerprint density at radius 2 is 2.06 bits per heavy atom. The molecule has 1 atom stereocenters. The molecule has 1 N–H and O–H groups in total. The van der Waals surface area contributed by atoms with Crippen molar-refractivity contribution >= 4 is 27.5 Å². The molecular formula is C25H29FN4O2S. The lowest BCUT2D eigenvalue weighted by atomic mass is 9.93. The highest BCUT2D eigenvalue weighted by molar-refractivity contribution is 7.18. The summed E-state index contributed by atoms with van der Waals surface area (Å²) in [6.45, 7) is 3.05.